The smallest absolute Gasteiger partial charge is 0.354 e. The van der Waals surface area contributed by atoms with Gasteiger partial charge in [-0.3, -0.25) is 9.48 Å². The van der Waals surface area contributed by atoms with Gasteiger partial charge in [-0.15, -0.1) is 0 Å². The first kappa shape index (κ1) is 15.3. The molecule has 0 saturated heterocycles. The lowest BCUT2D eigenvalue weighted by molar-refractivity contribution is -0.116. The lowest BCUT2D eigenvalue weighted by atomic mass is 10.3. The molecular weight excluding hydrogens is 317 g/mol. The van der Waals surface area contributed by atoms with Gasteiger partial charge in [-0.2, -0.15) is 5.10 Å². The molecule has 0 aliphatic rings. The third-order valence-corrected chi connectivity index (χ3v) is 3.43. The standard InChI is InChI=1S/C13H11Cl2N3O3/c14-9-2-1-8(7-10(9)15)17-12(19)4-6-18-11(13(20)21)3-5-16-18/h1-3,5,7H,4,6H2,(H,17,19)(H,20,21). The maximum atomic E-state index is 11.8. The molecule has 6 nitrogen and oxygen atoms in total. The number of aromatic carboxylic acids is 1. The van der Waals surface area contributed by atoms with Crippen LogP contribution in [0.5, 0.6) is 0 Å². The molecule has 1 amide bonds. The Morgan fingerprint density at radius 1 is 1.24 bits per heavy atom. The van der Waals surface area contributed by atoms with E-state index in [0.717, 1.165) is 0 Å². The van der Waals surface area contributed by atoms with Gasteiger partial charge in [0, 0.05) is 18.3 Å². The molecule has 2 N–H and O–H groups in total. The zero-order valence-electron chi connectivity index (χ0n) is 10.7. The molecule has 1 aromatic carbocycles. The molecule has 0 atom stereocenters. The fourth-order valence-corrected chi connectivity index (χ4v) is 2.00. The van der Waals surface area contributed by atoms with Crippen LogP contribution >= 0.6 is 23.2 Å². The lowest BCUT2D eigenvalue weighted by Crippen LogP contribution is -2.17. The minimum absolute atomic E-state index is 0.0392. The molecule has 0 fully saturated rings. The molecular formula is C13H11Cl2N3O3. The number of hydrogen-bond donors (Lipinski definition) is 2. The average Bonchev–Trinajstić information content (AvgIpc) is 2.89. The van der Waals surface area contributed by atoms with E-state index in [2.05, 4.69) is 10.4 Å². The van der Waals surface area contributed by atoms with E-state index < -0.39 is 5.97 Å². The van der Waals surface area contributed by atoms with Crippen LogP contribution in [0.2, 0.25) is 10.0 Å². The first-order chi connectivity index (χ1) is 9.97. The quantitative estimate of drug-likeness (QED) is 0.884. The molecule has 0 aliphatic carbocycles. The largest absolute Gasteiger partial charge is 0.477 e. The highest BCUT2D eigenvalue weighted by molar-refractivity contribution is 6.42. The summed E-state index contributed by atoms with van der Waals surface area (Å²) in [7, 11) is 0. The van der Waals surface area contributed by atoms with E-state index in [9.17, 15) is 9.59 Å². The van der Waals surface area contributed by atoms with Crippen LogP contribution in [0.1, 0.15) is 16.9 Å². The fourth-order valence-electron chi connectivity index (χ4n) is 1.70. The van der Waals surface area contributed by atoms with Crippen molar-refractivity contribution in [3.8, 4) is 0 Å². The Morgan fingerprint density at radius 3 is 2.67 bits per heavy atom. The number of aromatic nitrogens is 2. The average molecular weight is 328 g/mol. The highest BCUT2D eigenvalue weighted by Crippen LogP contribution is 2.25. The van der Waals surface area contributed by atoms with E-state index >= 15 is 0 Å². The van der Waals surface area contributed by atoms with Crippen LogP contribution in [0, 0.1) is 0 Å². The van der Waals surface area contributed by atoms with Gasteiger partial charge in [0.2, 0.25) is 5.91 Å². The number of aryl methyl sites for hydroxylation is 1. The van der Waals surface area contributed by atoms with E-state index in [-0.39, 0.29) is 24.6 Å². The Morgan fingerprint density at radius 2 is 2.00 bits per heavy atom. The minimum Gasteiger partial charge on any atom is -0.477 e. The number of carbonyl (C=O) groups excluding carboxylic acids is 1. The lowest BCUT2D eigenvalue weighted by Gasteiger charge is -2.07. The molecule has 0 bridgehead atoms. The number of amides is 1. The van der Waals surface area contributed by atoms with Crippen LogP contribution in [0.25, 0.3) is 0 Å². The first-order valence-electron chi connectivity index (χ1n) is 5.97. The summed E-state index contributed by atoms with van der Waals surface area (Å²) < 4.78 is 1.26. The SMILES string of the molecule is O=C(CCn1nccc1C(=O)O)Nc1ccc(Cl)c(Cl)c1. The van der Waals surface area contributed by atoms with Crippen LogP contribution in [0.15, 0.2) is 30.5 Å². The normalized spacial score (nSPS) is 10.4. The van der Waals surface area contributed by atoms with Gasteiger partial charge in [0.15, 0.2) is 0 Å². The van der Waals surface area contributed by atoms with Crippen molar-refractivity contribution in [2.24, 2.45) is 0 Å². The second-order valence-electron chi connectivity index (χ2n) is 4.17. The Balaban J connectivity index is 1.94. The summed E-state index contributed by atoms with van der Waals surface area (Å²) in [6, 6.07) is 6.12. The molecule has 0 radical (unpaired) electrons. The van der Waals surface area contributed by atoms with E-state index in [1.807, 2.05) is 0 Å². The topological polar surface area (TPSA) is 84.2 Å². The number of carbonyl (C=O) groups is 2. The number of hydrogen-bond acceptors (Lipinski definition) is 3. The molecule has 8 heteroatoms. The van der Waals surface area contributed by atoms with Gasteiger partial charge < -0.3 is 10.4 Å². The number of nitrogens with zero attached hydrogens (tertiary/aromatic N) is 2. The van der Waals surface area contributed by atoms with Crippen LogP contribution < -0.4 is 5.32 Å². The molecule has 0 aliphatic heterocycles. The van der Waals surface area contributed by atoms with Crippen molar-refractivity contribution in [1.82, 2.24) is 9.78 Å². The highest BCUT2D eigenvalue weighted by Gasteiger charge is 2.11. The van der Waals surface area contributed by atoms with Gasteiger partial charge in [0.05, 0.1) is 16.6 Å². The van der Waals surface area contributed by atoms with Crippen molar-refractivity contribution < 1.29 is 14.7 Å². The van der Waals surface area contributed by atoms with Gasteiger partial charge in [-0.05, 0) is 24.3 Å². The van der Waals surface area contributed by atoms with Gasteiger partial charge in [0.1, 0.15) is 5.69 Å². The number of rotatable bonds is 5. The van der Waals surface area contributed by atoms with Crippen molar-refractivity contribution in [1.29, 1.82) is 0 Å². The predicted octanol–water partition coefficient (Wildman–Crippen LogP) is 2.92. The summed E-state index contributed by atoms with van der Waals surface area (Å²) >= 11 is 11.6. The summed E-state index contributed by atoms with van der Waals surface area (Å²) in [4.78, 5) is 22.7. The summed E-state index contributed by atoms with van der Waals surface area (Å²) in [6.07, 6.45) is 1.46. The number of anilines is 1. The molecule has 0 unspecified atom stereocenters. The third-order valence-electron chi connectivity index (χ3n) is 2.69. The van der Waals surface area contributed by atoms with E-state index in [1.54, 1.807) is 18.2 Å². The summed E-state index contributed by atoms with van der Waals surface area (Å²) in [5, 5.41) is 16.2. The van der Waals surface area contributed by atoms with Gasteiger partial charge in [-0.25, -0.2) is 4.79 Å². The Kier molecular flexibility index (Phi) is 4.82. The predicted molar refractivity (Wildman–Crippen MR) is 78.9 cm³/mol. The summed E-state index contributed by atoms with van der Waals surface area (Å²) in [5.41, 5.74) is 0.561. The first-order valence-corrected chi connectivity index (χ1v) is 6.73. The highest BCUT2D eigenvalue weighted by atomic mass is 35.5. The molecule has 1 heterocycles. The molecule has 21 heavy (non-hydrogen) atoms. The third kappa shape index (κ3) is 3.96. The van der Waals surface area contributed by atoms with Crippen molar-refractivity contribution >= 4 is 40.8 Å². The second-order valence-corrected chi connectivity index (χ2v) is 4.99. The Hall–Kier alpha value is -2.05. The van der Waals surface area contributed by atoms with Crippen molar-refractivity contribution in [2.75, 3.05) is 5.32 Å². The molecule has 2 aromatic rings. The van der Waals surface area contributed by atoms with Crippen molar-refractivity contribution in [3.63, 3.8) is 0 Å². The zero-order valence-corrected chi connectivity index (χ0v) is 12.2. The van der Waals surface area contributed by atoms with Gasteiger partial charge in [0.25, 0.3) is 0 Å². The monoisotopic (exact) mass is 327 g/mol. The maximum absolute atomic E-state index is 11.8. The minimum atomic E-state index is -1.09. The van der Waals surface area contributed by atoms with Crippen LogP contribution in [0.4, 0.5) is 5.69 Å². The molecule has 110 valence electrons. The van der Waals surface area contributed by atoms with E-state index in [1.165, 1.54) is 16.9 Å². The maximum Gasteiger partial charge on any atom is 0.354 e. The summed E-state index contributed by atoms with van der Waals surface area (Å²) in [6.45, 7) is 0.168. The van der Waals surface area contributed by atoms with Gasteiger partial charge >= 0.3 is 5.97 Å². The number of halogens is 2. The Labute approximate surface area is 130 Å². The van der Waals surface area contributed by atoms with Crippen LogP contribution in [-0.4, -0.2) is 26.8 Å². The number of nitrogens with one attached hydrogen (secondary N) is 1. The molecule has 2 rings (SSSR count). The molecule has 1 aromatic heterocycles. The fraction of sp³-hybridized carbons (Fsp3) is 0.154. The number of benzene rings is 1. The van der Waals surface area contributed by atoms with E-state index in [0.29, 0.717) is 15.7 Å². The van der Waals surface area contributed by atoms with Crippen LogP contribution in [-0.2, 0) is 11.3 Å². The molecule has 0 spiro atoms. The Bertz CT molecular complexity index is 685. The van der Waals surface area contributed by atoms with Crippen LogP contribution in [0.3, 0.4) is 0 Å². The van der Waals surface area contributed by atoms with E-state index in [4.69, 9.17) is 28.3 Å². The number of carboxylic acid groups (broad SMARTS) is 1. The summed E-state index contributed by atoms with van der Waals surface area (Å²) in [5.74, 6) is -1.36. The molecule has 0 saturated carbocycles. The van der Waals surface area contributed by atoms with Gasteiger partial charge in [-0.1, -0.05) is 23.2 Å². The van der Waals surface area contributed by atoms with Crippen molar-refractivity contribution in [2.45, 2.75) is 13.0 Å². The zero-order chi connectivity index (χ0) is 15.4. The number of carboxylic acids is 1. The second kappa shape index (κ2) is 6.60. The van der Waals surface area contributed by atoms with Crippen molar-refractivity contribution in [3.05, 3.63) is 46.2 Å².